The molecule has 0 aromatic heterocycles. The third-order valence-corrected chi connectivity index (χ3v) is 11.4. The zero-order valence-corrected chi connectivity index (χ0v) is 38.9. The predicted octanol–water partition coefficient (Wildman–Crippen LogP) is 9.25. The van der Waals surface area contributed by atoms with Gasteiger partial charge in [-0.1, -0.05) is 175 Å². The van der Waals surface area contributed by atoms with Gasteiger partial charge in [0.2, 0.25) is 17.7 Å². The minimum atomic E-state index is 0.0990. The molecule has 0 aromatic rings. The Hall–Kier alpha value is -1.75. The molecule has 6 N–H and O–H groups in total. The van der Waals surface area contributed by atoms with Crippen LogP contribution in [0.2, 0.25) is 0 Å². The number of nitrogens with zero attached hydrogens (tertiary/aromatic N) is 2. The van der Waals surface area contributed by atoms with Crippen LogP contribution in [-0.4, -0.2) is 106 Å². The molecule has 0 atom stereocenters. The number of nitrogens with two attached hydrogens (primary N) is 1. The first-order valence-corrected chi connectivity index (χ1v) is 25.1. The van der Waals surface area contributed by atoms with E-state index in [4.69, 9.17) is 5.73 Å². The molecule has 0 saturated carbocycles. The van der Waals surface area contributed by atoms with Gasteiger partial charge in [-0.3, -0.25) is 14.4 Å². The molecule has 0 spiro atoms. The van der Waals surface area contributed by atoms with E-state index in [1.807, 2.05) is 0 Å². The molecule has 0 aliphatic heterocycles. The molecular formula is C48H99N7O3. The van der Waals surface area contributed by atoms with Gasteiger partial charge in [-0.05, 0) is 19.3 Å². The van der Waals surface area contributed by atoms with Crippen LogP contribution in [-0.2, 0) is 14.4 Å². The van der Waals surface area contributed by atoms with E-state index in [9.17, 15) is 14.4 Å². The summed E-state index contributed by atoms with van der Waals surface area (Å²) in [5.41, 5.74) is 5.91. The number of nitrogens with one attached hydrogen (secondary N) is 4. The summed E-state index contributed by atoms with van der Waals surface area (Å²) in [7, 11) is 0. The number of rotatable bonds is 47. The lowest BCUT2D eigenvalue weighted by molar-refractivity contribution is -0.122. The van der Waals surface area contributed by atoms with Crippen LogP contribution in [0.15, 0.2) is 0 Å². The van der Waals surface area contributed by atoms with Gasteiger partial charge in [0.25, 0.3) is 0 Å². The molecule has 3 amide bonds. The Bertz CT molecular complexity index is 853. The van der Waals surface area contributed by atoms with Crippen LogP contribution >= 0.6 is 0 Å². The molecule has 10 nitrogen and oxygen atoms in total. The first kappa shape index (κ1) is 56.2. The quantitative estimate of drug-likeness (QED) is 0.0387. The van der Waals surface area contributed by atoms with Crippen LogP contribution in [0, 0.1) is 0 Å². The molecule has 0 saturated heterocycles. The molecule has 0 aliphatic rings. The van der Waals surface area contributed by atoms with E-state index >= 15 is 0 Å². The monoisotopic (exact) mass is 822 g/mol. The lowest BCUT2D eigenvalue weighted by Crippen LogP contribution is -2.41. The van der Waals surface area contributed by atoms with E-state index in [2.05, 4.69) is 51.8 Å². The summed E-state index contributed by atoms with van der Waals surface area (Å²) in [6.45, 7) is 15.5. The summed E-state index contributed by atoms with van der Waals surface area (Å²) in [6, 6.07) is 0. The fourth-order valence-corrected chi connectivity index (χ4v) is 7.49. The van der Waals surface area contributed by atoms with Crippen molar-refractivity contribution in [3.63, 3.8) is 0 Å². The average Bonchev–Trinajstić information content (AvgIpc) is 3.22. The van der Waals surface area contributed by atoms with Crippen LogP contribution in [0.3, 0.4) is 0 Å². The van der Waals surface area contributed by atoms with Gasteiger partial charge in [0.1, 0.15) is 0 Å². The highest BCUT2D eigenvalue weighted by Crippen LogP contribution is 2.11. The van der Waals surface area contributed by atoms with Crippen molar-refractivity contribution in [1.82, 2.24) is 31.1 Å². The zero-order valence-electron chi connectivity index (χ0n) is 38.9. The second kappa shape index (κ2) is 46.3. The maximum atomic E-state index is 12.7. The van der Waals surface area contributed by atoms with Gasteiger partial charge in [0, 0.05) is 97.8 Å². The van der Waals surface area contributed by atoms with Gasteiger partial charge in [-0.25, -0.2) is 0 Å². The number of amides is 3. The number of carbonyl (C=O) groups is 3. The number of unbranched alkanes of at least 4 members (excludes halogenated alkanes) is 24. The molecule has 58 heavy (non-hydrogen) atoms. The second-order valence-electron chi connectivity index (χ2n) is 17.0. The van der Waals surface area contributed by atoms with E-state index in [0.29, 0.717) is 45.4 Å². The summed E-state index contributed by atoms with van der Waals surface area (Å²) >= 11 is 0. The minimum absolute atomic E-state index is 0.0990. The summed E-state index contributed by atoms with van der Waals surface area (Å²) in [4.78, 5) is 42.5. The van der Waals surface area contributed by atoms with E-state index < -0.39 is 0 Å². The highest BCUT2D eigenvalue weighted by atomic mass is 16.2. The topological polar surface area (TPSA) is 132 Å². The normalized spacial score (nSPS) is 11.5. The fourth-order valence-electron chi connectivity index (χ4n) is 7.49. The summed E-state index contributed by atoms with van der Waals surface area (Å²) in [5, 5.41) is 12.9. The minimum Gasteiger partial charge on any atom is -0.356 e. The Morgan fingerprint density at radius 2 is 0.603 bits per heavy atom. The lowest BCUT2D eigenvalue weighted by atomic mass is 10.1. The van der Waals surface area contributed by atoms with Crippen LogP contribution < -0.4 is 27.0 Å². The van der Waals surface area contributed by atoms with Crippen LogP contribution in [0.5, 0.6) is 0 Å². The number of hydrogen-bond acceptors (Lipinski definition) is 7. The van der Waals surface area contributed by atoms with Crippen molar-refractivity contribution in [3.05, 3.63) is 0 Å². The summed E-state index contributed by atoms with van der Waals surface area (Å²) in [6.07, 6.45) is 35.8. The smallest absolute Gasteiger partial charge is 0.221 e. The van der Waals surface area contributed by atoms with E-state index in [0.717, 1.165) is 71.6 Å². The Morgan fingerprint density at radius 3 is 0.879 bits per heavy atom. The largest absolute Gasteiger partial charge is 0.356 e. The van der Waals surface area contributed by atoms with E-state index in [1.165, 1.54) is 154 Å². The van der Waals surface area contributed by atoms with Gasteiger partial charge in [0.05, 0.1) is 0 Å². The van der Waals surface area contributed by atoms with Gasteiger partial charge >= 0.3 is 0 Å². The van der Waals surface area contributed by atoms with E-state index in [1.54, 1.807) is 0 Å². The Morgan fingerprint density at radius 1 is 0.345 bits per heavy atom. The van der Waals surface area contributed by atoms with Gasteiger partial charge < -0.3 is 36.8 Å². The Labute approximate surface area is 359 Å². The summed E-state index contributed by atoms with van der Waals surface area (Å²) in [5.74, 6) is 0.323. The SMILES string of the molecule is CCCCCCCCCCCNC(=O)CCN(CCN)CCNCCN(CCC(=O)NCCCCCCCCCCC)CCC(=O)NCCCCCCCCCCC. The summed E-state index contributed by atoms with van der Waals surface area (Å²) < 4.78 is 0. The second-order valence-corrected chi connectivity index (χ2v) is 17.0. The molecule has 10 heteroatoms. The molecule has 0 aromatic carbocycles. The average molecular weight is 822 g/mol. The van der Waals surface area contributed by atoms with Crippen molar-refractivity contribution in [1.29, 1.82) is 0 Å². The molecule has 0 heterocycles. The first-order chi connectivity index (χ1) is 28.5. The standard InChI is InChI=1S/C48H99N7O3/c1-4-7-10-13-16-19-22-25-28-35-51-46(56)31-40-54(41-32-47(57)52-36-29-26-23-20-17-14-11-8-5-2)44-38-50-39-45-55(43-34-49)42-33-48(58)53-37-30-27-24-21-18-15-12-9-6-3/h50H,4-45,49H2,1-3H3,(H,51,56)(H,52,57)(H,53,58). The number of carbonyl (C=O) groups excluding carboxylic acids is 3. The zero-order chi connectivity index (χ0) is 42.4. The fraction of sp³-hybridized carbons (Fsp3) is 0.938. The van der Waals surface area contributed by atoms with Crippen molar-refractivity contribution in [2.45, 2.75) is 213 Å². The third kappa shape index (κ3) is 42.4. The maximum Gasteiger partial charge on any atom is 0.221 e. The van der Waals surface area contributed by atoms with Crippen molar-refractivity contribution < 1.29 is 14.4 Å². The van der Waals surface area contributed by atoms with Gasteiger partial charge in [-0.15, -0.1) is 0 Å². The molecule has 0 radical (unpaired) electrons. The Balaban J connectivity index is 4.50. The molecule has 0 bridgehead atoms. The van der Waals surface area contributed by atoms with Crippen molar-refractivity contribution in [3.8, 4) is 0 Å². The lowest BCUT2D eigenvalue weighted by Gasteiger charge is -2.24. The van der Waals surface area contributed by atoms with Crippen molar-refractivity contribution >= 4 is 17.7 Å². The van der Waals surface area contributed by atoms with E-state index in [-0.39, 0.29) is 17.7 Å². The van der Waals surface area contributed by atoms with Crippen LogP contribution in [0.4, 0.5) is 0 Å². The number of hydrogen-bond donors (Lipinski definition) is 5. The van der Waals surface area contributed by atoms with Gasteiger partial charge in [-0.2, -0.15) is 0 Å². The molecule has 0 fully saturated rings. The van der Waals surface area contributed by atoms with Crippen molar-refractivity contribution in [2.75, 3.05) is 78.5 Å². The Kier molecular flexibility index (Phi) is 44.9. The van der Waals surface area contributed by atoms with Gasteiger partial charge in [0.15, 0.2) is 0 Å². The molecular weight excluding hydrogens is 723 g/mol. The first-order valence-electron chi connectivity index (χ1n) is 25.1. The maximum absolute atomic E-state index is 12.7. The van der Waals surface area contributed by atoms with Crippen LogP contribution in [0.25, 0.3) is 0 Å². The van der Waals surface area contributed by atoms with Crippen molar-refractivity contribution in [2.24, 2.45) is 5.73 Å². The third-order valence-electron chi connectivity index (χ3n) is 11.4. The molecule has 0 rings (SSSR count). The molecule has 0 aliphatic carbocycles. The highest BCUT2D eigenvalue weighted by molar-refractivity contribution is 5.77. The predicted molar refractivity (Wildman–Crippen MR) is 249 cm³/mol. The van der Waals surface area contributed by atoms with Crippen LogP contribution in [0.1, 0.15) is 213 Å². The molecule has 344 valence electrons. The molecule has 0 unspecified atom stereocenters. The highest BCUT2D eigenvalue weighted by Gasteiger charge is 2.12.